The summed E-state index contributed by atoms with van der Waals surface area (Å²) in [7, 11) is -1.31. The quantitative estimate of drug-likeness (QED) is 0.533. The first-order valence-electron chi connectivity index (χ1n) is 8.57. The van der Waals surface area contributed by atoms with E-state index in [1.807, 2.05) is 9.80 Å². The van der Waals surface area contributed by atoms with Gasteiger partial charge in [-0.15, -0.1) is 0 Å². The van der Waals surface area contributed by atoms with Gasteiger partial charge in [-0.3, -0.25) is 10.1 Å². The molecule has 2 aliphatic heterocycles. The molecule has 0 saturated carbocycles. The lowest BCUT2D eigenvalue weighted by molar-refractivity contribution is -0.382. The average molecular weight is 397 g/mol. The van der Waals surface area contributed by atoms with Crippen LogP contribution < -0.4 is 9.80 Å². The monoisotopic (exact) mass is 397 g/mol. The van der Waals surface area contributed by atoms with Gasteiger partial charge >= 0.3 is 5.69 Å². The number of aromatic nitrogens is 2. The molecule has 12 heteroatoms. The highest BCUT2D eigenvalue weighted by molar-refractivity contribution is 7.91. The van der Waals surface area contributed by atoms with E-state index in [1.54, 1.807) is 13.1 Å². The van der Waals surface area contributed by atoms with Crippen molar-refractivity contribution in [2.45, 2.75) is 12.5 Å². The number of ether oxygens (including phenoxy) is 1. The molecule has 0 bridgehead atoms. The lowest BCUT2D eigenvalue weighted by Gasteiger charge is -2.30. The molecule has 1 atom stereocenters. The fourth-order valence-electron chi connectivity index (χ4n) is 3.67. The van der Waals surface area contributed by atoms with Crippen LogP contribution in [0.15, 0.2) is 10.7 Å². The molecule has 146 valence electrons. The van der Waals surface area contributed by atoms with Gasteiger partial charge in [0.05, 0.1) is 35.3 Å². The lowest BCUT2D eigenvalue weighted by Crippen LogP contribution is -2.37. The van der Waals surface area contributed by atoms with Crippen molar-refractivity contribution in [1.82, 2.24) is 10.3 Å². The molecular formula is C15H19N5O6S. The van der Waals surface area contributed by atoms with E-state index in [0.717, 1.165) is 0 Å². The van der Waals surface area contributed by atoms with Crippen molar-refractivity contribution in [2.24, 2.45) is 0 Å². The number of nitrogens with zero attached hydrogens (tertiary/aromatic N) is 5. The maximum atomic E-state index is 11.9. The molecule has 2 saturated heterocycles. The Morgan fingerprint density at radius 1 is 1.30 bits per heavy atom. The number of nitro groups is 1. The second-order valence-electron chi connectivity index (χ2n) is 6.75. The van der Waals surface area contributed by atoms with Crippen LogP contribution >= 0.6 is 0 Å². The van der Waals surface area contributed by atoms with Crippen LogP contribution in [-0.4, -0.2) is 74.6 Å². The van der Waals surface area contributed by atoms with Crippen LogP contribution in [0.1, 0.15) is 6.42 Å². The standard InChI is InChI=1S/C15H19N5O6S/c1-18(10-2-7-27(23,24)9-10)11-8-12(19-3-5-25-6-4-19)15(20(21)22)14-13(11)16-26-17-14/h8,10H,2-7,9H2,1H3. The van der Waals surface area contributed by atoms with E-state index in [-0.39, 0.29) is 34.3 Å². The van der Waals surface area contributed by atoms with Crippen molar-refractivity contribution in [3.05, 3.63) is 16.2 Å². The number of morpholine rings is 1. The zero-order chi connectivity index (χ0) is 19.2. The van der Waals surface area contributed by atoms with Gasteiger partial charge in [-0.25, -0.2) is 13.0 Å². The van der Waals surface area contributed by atoms with Gasteiger partial charge in [0, 0.05) is 26.2 Å². The summed E-state index contributed by atoms with van der Waals surface area (Å²) in [5.74, 6) is 0.172. The minimum Gasteiger partial charge on any atom is -0.378 e. The Kier molecular flexibility index (Phi) is 4.38. The molecule has 0 aliphatic carbocycles. The van der Waals surface area contributed by atoms with Crippen LogP contribution in [-0.2, 0) is 14.6 Å². The minimum atomic E-state index is -3.08. The van der Waals surface area contributed by atoms with Crippen molar-refractivity contribution < 1.29 is 22.7 Å². The van der Waals surface area contributed by atoms with E-state index in [2.05, 4.69) is 10.3 Å². The van der Waals surface area contributed by atoms with Crippen LogP contribution in [0.25, 0.3) is 11.0 Å². The molecule has 2 aliphatic rings. The predicted molar refractivity (Wildman–Crippen MR) is 97.0 cm³/mol. The van der Waals surface area contributed by atoms with Crippen LogP contribution in [0.4, 0.5) is 17.1 Å². The number of hydrogen-bond acceptors (Lipinski definition) is 10. The Morgan fingerprint density at radius 2 is 2.00 bits per heavy atom. The molecule has 0 amide bonds. The Bertz CT molecular complexity index is 984. The summed E-state index contributed by atoms with van der Waals surface area (Å²) in [6.45, 7) is 1.97. The molecule has 11 nitrogen and oxygen atoms in total. The van der Waals surface area contributed by atoms with Gasteiger partial charge in [0.1, 0.15) is 5.69 Å². The van der Waals surface area contributed by atoms with Gasteiger partial charge in [0.15, 0.2) is 15.4 Å². The highest BCUT2D eigenvalue weighted by atomic mass is 32.2. The summed E-state index contributed by atoms with van der Waals surface area (Å²) in [6, 6.07) is 1.45. The number of nitro benzene ring substituents is 1. The molecule has 0 N–H and O–H groups in total. The van der Waals surface area contributed by atoms with Crippen LogP contribution in [0, 0.1) is 10.1 Å². The minimum absolute atomic E-state index is 0.0418. The largest absolute Gasteiger partial charge is 0.378 e. The Hall–Kier alpha value is -2.47. The summed E-state index contributed by atoms with van der Waals surface area (Å²) < 4.78 is 33.9. The second kappa shape index (κ2) is 6.60. The van der Waals surface area contributed by atoms with E-state index in [4.69, 9.17) is 9.37 Å². The van der Waals surface area contributed by atoms with Crippen molar-refractivity contribution in [2.75, 3.05) is 54.7 Å². The number of hydrogen-bond donors (Lipinski definition) is 0. The molecule has 2 aromatic rings. The van der Waals surface area contributed by atoms with Gasteiger partial charge in [-0.1, -0.05) is 0 Å². The highest BCUT2D eigenvalue weighted by Gasteiger charge is 2.35. The van der Waals surface area contributed by atoms with Crippen molar-refractivity contribution >= 4 is 37.9 Å². The smallest absolute Gasteiger partial charge is 0.323 e. The first kappa shape index (κ1) is 17.9. The summed E-state index contributed by atoms with van der Waals surface area (Å²) in [5.41, 5.74) is 1.14. The number of benzene rings is 1. The van der Waals surface area contributed by atoms with Crippen LogP contribution in [0.3, 0.4) is 0 Å². The predicted octanol–water partition coefficient (Wildman–Crippen LogP) is 0.591. The maximum Gasteiger partial charge on any atom is 0.323 e. The van der Waals surface area contributed by atoms with Crippen LogP contribution in [0.5, 0.6) is 0 Å². The van der Waals surface area contributed by atoms with Crippen molar-refractivity contribution in [3.63, 3.8) is 0 Å². The van der Waals surface area contributed by atoms with Gasteiger partial charge in [0.25, 0.3) is 0 Å². The van der Waals surface area contributed by atoms with Gasteiger partial charge < -0.3 is 14.5 Å². The molecule has 0 radical (unpaired) electrons. The molecule has 4 rings (SSSR count). The maximum absolute atomic E-state index is 11.9. The molecule has 1 aromatic carbocycles. The fourth-order valence-corrected chi connectivity index (χ4v) is 5.45. The summed E-state index contributed by atoms with van der Waals surface area (Å²) in [6.07, 6.45) is 0.496. The topological polar surface area (TPSA) is 132 Å². The molecule has 27 heavy (non-hydrogen) atoms. The number of anilines is 2. The van der Waals surface area contributed by atoms with Gasteiger partial charge in [-0.05, 0) is 22.8 Å². The number of sulfone groups is 1. The molecule has 3 heterocycles. The van der Waals surface area contributed by atoms with Crippen molar-refractivity contribution in [3.8, 4) is 0 Å². The second-order valence-corrected chi connectivity index (χ2v) is 8.98. The zero-order valence-electron chi connectivity index (χ0n) is 14.7. The summed E-state index contributed by atoms with van der Waals surface area (Å²) >= 11 is 0. The van der Waals surface area contributed by atoms with E-state index in [0.29, 0.717) is 44.1 Å². The fraction of sp³-hybridized carbons (Fsp3) is 0.600. The number of fused-ring (bicyclic) bond motifs is 1. The van der Waals surface area contributed by atoms with E-state index in [9.17, 15) is 18.5 Å². The third-order valence-corrected chi connectivity index (χ3v) is 6.89. The summed E-state index contributed by atoms with van der Waals surface area (Å²) in [4.78, 5) is 14.9. The Morgan fingerprint density at radius 3 is 2.63 bits per heavy atom. The normalized spacial score (nSPS) is 22.3. The molecule has 1 unspecified atom stereocenters. The van der Waals surface area contributed by atoms with Crippen molar-refractivity contribution in [1.29, 1.82) is 0 Å². The third-order valence-electron chi connectivity index (χ3n) is 5.14. The van der Waals surface area contributed by atoms with E-state index >= 15 is 0 Å². The van der Waals surface area contributed by atoms with Gasteiger partial charge in [-0.2, -0.15) is 0 Å². The molecule has 2 fully saturated rings. The average Bonchev–Trinajstić information content (AvgIpc) is 3.26. The van der Waals surface area contributed by atoms with E-state index in [1.165, 1.54) is 0 Å². The van der Waals surface area contributed by atoms with E-state index < -0.39 is 14.8 Å². The molecule has 0 spiro atoms. The number of rotatable bonds is 4. The Balaban J connectivity index is 1.84. The highest BCUT2D eigenvalue weighted by Crippen LogP contribution is 2.41. The first-order chi connectivity index (χ1) is 12.9. The molecule has 1 aromatic heterocycles. The Labute approximate surface area is 154 Å². The summed E-state index contributed by atoms with van der Waals surface area (Å²) in [5, 5.41) is 19.4. The van der Waals surface area contributed by atoms with Gasteiger partial charge in [0.2, 0.25) is 5.52 Å². The molecular weight excluding hydrogens is 378 g/mol. The SMILES string of the molecule is CN(c1cc(N2CCOCC2)c([N+](=O)[O-])c2nonc12)C1CCS(=O)(=O)C1. The lowest BCUT2D eigenvalue weighted by atomic mass is 10.1. The zero-order valence-corrected chi connectivity index (χ0v) is 15.5. The first-order valence-corrected chi connectivity index (χ1v) is 10.4. The third kappa shape index (κ3) is 3.18. The van der Waals surface area contributed by atoms with Crippen LogP contribution in [0.2, 0.25) is 0 Å².